The lowest BCUT2D eigenvalue weighted by Crippen LogP contribution is -2.51. The molecule has 2 heterocycles. The Morgan fingerprint density at radius 3 is 2.38 bits per heavy atom. The fraction of sp³-hybridized carbons (Fsp3) is 0.867. The Labute approximate surface area is 126 Å². The molecule has 2 aliphatic rings. The summed E-state index contributed by atoms with van der Waals surface area (Å²) in [6, 6.07) is 0.176. The summed E-state index contributed by atoms with van der Waals surface area (Å²) in [6.45, 7) is 7.52. The fourth-order valence-electron chi connectivity index (χ4n) is 3.00. The molecule has 1 atom stereocenters. The summed E-state index contributed by atoms with van der Waals surface area (Å²) < 4.78 is 5.45. The summed E-state index contributed by atoms with van der Waals surface area (Å²) in [7, 11) is 0. The lowest BCUT2D eigenvalue weighted by Gasteiger charge is -2.34. The topological polar surface area (TPSA) is 61.9 Å². The van der Waals surface area contributed by atoms with Crippen LogP contribution < -0.4 is 5.32 Å². The van der Waals surface area contributed by atoms with Crippen molar-refractivity contribution in [1.82, 2.24) is 15.1 Å². The van der Waals surface area contributed by atoms with Gasteiger partial charge in [0.15, 0.2) is 0 Å². The summed E-state index contributed by atoms with van der Waals surface area (Å²) in [4.78, 5) is 27.9. The first kappa shape index (κ1) is 16.1. The van der Waals surface area contributed by atoms with Gasteiger partial charge in [0, 0.05) is 38.8 Å². The van der Waals surface area contributed by atoms with Crippen molar-refractivity contribution >= 4 is 11.9 Å². The standard InChI is InChI=1S/C15H27N3O3/c1-3-17(4-2)15(20)16-12-7-9-18(10-8-12)14(19)13-6-5-11-21-13/h12-13H,3-11H2,1-2H3,(H,16,20). The van der Waals surface area contributed by atoms with Crippen molar-refractivity contribution in [3.8, 4) is 0 Å². The van der Waals surface area contributed by atoms with Gasteiger partial charge in [0.2, 0.25) is 0 Å². The number of hydrogen-bond donors (Lipinski definition) is 1. The van der Waals surface area contributed by atoms with E-state index in [4.69, 9.17) is 4.74 Å². The largest absolute Gasteiger partial charge is 0.368 e. The molecule has 0 aromatic carbocycles. The third kappa shape index (κ3) is 4.09. The Kier molecular flexibility index (Phi) is 5.85. The number of nitrogens with zero attached hydrogens (tertiary/aromatic N) is 2. The summed E-state index contributed by atoms with van der Waals surface area (Å²) >= 11 is 0. The number of likely N-dealkylation sites (tertiary alicyclic amines) is 1. The van der Waals surface area contributed by atoms with Crippen molar-refractivity contribution in [2.45, 2.75) is 51.7 Å². The van der Waals surface area contributed by atoms with Crippen molar-refractivity contribution in [3.63, 3.8) is 0 Å². The van der Waals surface area contributed by atoms with E-state index in [0.29, 0.717) is 19.7 Å². The molecule has 120 valence electrons. The van der Waals surface area contributed by atoms with E-state index in [2.05, 4.69) is 5.32 Å². The number of amides is 3. The molecule has 0 radical (unpaired) electrons. The number of urea groups is 1. The first-order valence-corrected chi connectivity index (χ1v) is 8.11. The normalized spacial score (nSPS) is 23.1. The molecule has 0 bridgehead atoms. The minimum atomic E-state index is -0.230. The maximum Gasteiger partial charge on any atom is 0.317 e. The smallest absolute Gasteiger partial charge is 0.317 e. The van der Waals surface area contributed by atoms with E-state index in [0.717, 1.165) is 38.8 Å². The first-order valence-electron chi connectivity index (χ1n) is 8.11. The number of piperidine rings is 1. The lowest BCUT2D eigenvalue weighted by atomic mass is 10.0. The third-order valence-corrected chi connectivity index (χ3v) is 4.39. The highest BCUT2D eigenvalue weighted by Crippen LogP contribution is 2.18. The van der Waals surface area contributed by atoms with Gasteiger partial charge in [-0.1, -0.05) is 0 Å². The minimum absolute atomic E-state index is 0.00361. The summed E-state index contributed by atoms with van der Waals surface area (Å²) in [5, 5.41) is 3.07. The summed E-state index contributed by atoms with van der Waals surface area (Å²) in [6.07, 6.45) is 3.24. The van der Waals surface area contributed by atoms with Gasteiger partial charge in [0.1, 0.15) is 6.10 Å². The van der Waals surface area contributed by atoms with Crippen LogP contribution in [0.4, 0.5) is 4.79 Å². The van der Waals surface area contributed by atoms with Gasteiger partial charge in [-0.2, -0.15) is 0 Å². The van der Waals surface area contributed by atoms with Gasteiger partial charge in [-0.3, -0.25) is 4.79 Å². The molecule has 1 N–H and O–H groups in total. The average molecular weight is 297 g/mol. The van der Waals surface area contributed by atoms with Crippen molar-refractivity contribution in [2.75, 3.05) is 32.8 Å². The maximum atomic E-state index is 12.2. The van der Waals surface area contributed by atoms with Crippen LogP contribution >= 0.6 is 0 Å². The van der Waals surface area contributed by atoms with E-state index in [-0.39, 0.29) is 24.1 Å². The highest BCUT2D eigenvalue weighted by Gasteiger charge is 2.31. The molecule has 6 heteroatoms. The van der Waals surface area contributed by atoms with Gasteiger partial charge in [0.25, 0.3) is 5.91 Å². The van der Waals surface area contributed by atoms with Crippen LogP contribution in [0.1, 0.15) is 39.5 Å². The van der Waals surface area contributed by atoms with Gasteiger partial charge in [-0.25, -0.2) is 4.79 Å². The molecule has 6 nitrogen and oxygen atoms in total. The van der Waals surface area contributed by atoms with Crippen LogP contribution in [0.3, 0.4) is 0 Å². The fourth-order valence-corrected chi connectivity index (χ4v) is 3.00. The quantitative estimate of drug-likeness (QED) is 0.848. The van der Waals surface area contributed by atoms with Crippen LogP contribution in [0.25, 0.3) is 0 Å². The molecule has 0 aromatic rings. The number of carbonyl (C=O) groups is 2. The zero-order chi connectivity index (χ0) is 15.2. The molecular formula is C15H27N3O3. The molecule has 21 heavy (non-hydrogen) atoms. The lowest BCUT2D eigenvalue weighted by molar-refractivity contribution is -0.142. The Balaban J connectivity index is 1.75. The molecule has 1 unspecified atom stereocenters. The number of rotatable bonds is 4. The highest BCUT2D eigenvalue weighted by atomic mass is 16.5. The zero-order valence-electron chi connectivity index (χ0n) is 13.1. The third-order valence-electron chi connectivity index (χ3n) is 4.39. The van der Waals surface area contributed by atoms with Crippen molar-refractivity contribution in [3.05, 3.63) is 0 Å². The van der Waals surface area contributed by atoms with Crippen molar-refractivity contribution in [1.29, 1.82) is 0 Å². The number of carbonyl (C=O) groups excluding carboxylic acids is 2. The van der Waals surface area contributed by atoms with E-state index >= 15 is 0 Å². The average Bonchev–Trinajstić information content (AvgIpc) is 3.03. The Morgan fingerprint density at radius 2 is 1.86 bits per heavy atom. The van der Waals surface area contributed by atoms with E-state index < -0.39 is 0 Å². The molecular weight excluding hydrogens is 270 g/mol. The van der Waals surface area contributed by atoms with Gasteiger partial charge >= 0.3 is 6.03 Å². The number of nitrogens with one attached hydrogen (secondary N) is 1. The minimum Gasteiger partial charge on any atom is -0.368 e. The second kappa shape index (κ2) is 7.64. The molecule has 0 spiro atoms. The van der Waals surface area contributed by atoms with E-state index in [1.807, 2.05) is 18.7 Å². The van der Waals surface area contributed by atoms with Gasteiger partial charge in [-0.05, 0) is 39.5 Å². The predicted molar refractivity (Wildman–Crippen MR) is 80.0 cm³/mol. The molecule has 0 saturated carbocycles. The van der Waals surface area contributed by atoms with Crippen LogP contribution in [0, 0.1) is 0 Å². The van der Waals surface area contributed by atoms with Crippen molar-refractivity contribution in [2.24, 2.45) is 0 Å². The van der Waals surface area contributed by atoms with E-state index in [9.17, 15) is 9.59 Å². The summed E-state index contributed by atoms with van der Waals surface area (Å²) in [5.74, 6) is 0.126. The van der Waals surface area contributed by atoms with Crippen LogP contribution in [-0.2, 0) is 9.53 Å². The molecule has 2 rings (SSSR count). The van der Waals surface area contributed by atoms with Gasteiger partial charge in [-0.15, -0.1) is 0 Å². The zero-order valence-corrected chi connectivity index (χ0v) is 13.1. The first-order chi connectivity index (χ1) is 10.2. The van der Waals surface area contributed by atoms with Crippen LogP contribution in [0.5, 0.6) is 0 Å². The van der Waals surface area contributed by atoms with E-state index in [1.165, 1.54) is 0 Å². The Hall–Kier alpha value is -1.30. The summed E-state index contributed by atoms with van der Waals surface area (Å²) in [5.41, 5.74) is 0. The molecule has 2 aliphatic heterocycles. The second-order valence-electron chi connectivity index (χ2n) is 5.72. The molecule has 0 aromatic heterocycles. The van der Waals surface area contributed by atoms with Crippen LogP contribution in [0.2, 0.25) is 0 Å². The van der Waals surface area contributed by atoms with Gasteiger partial charge < -0.3 is 19.9 Å². The SMILES string of the molecule is CCN(CC)C(=O)NC1CCN(C(=O)C2CCCO2)CC1. The molecule has 0 aliphatic carbocycles. The molecule has 2 fully saturated rings. The predicted octanol–water partition coefficient (Wildman–Crippen LogP) is 1.21. The maximum absolute atomic E-state index is 12.2. The Morgan fingerprint density at radius 1 is 1.19 bits per heavy atom. The molecule has 3 amide bonds. The molecule has 2 saturated heterocycles. The highest BCUT2D eigenvalue weighted by molar-refractivity contribution is 5.81. The monoisotopic (exact) mass is 297 g/mol. The second-order valence-corrected chi connectivity index (χ2v) is 5.72. The number of ether oxygens (including phenoxy) is 1. The number of hydrogen-bond acceptors (Lipinski definition) is 3. The Bertz CT molecular complexity index is 357. The van der Waals surface area contributed by atoms with Crippen LogP contribution in [-0.4, -0.2) is 66.7 Å². The van der Waals surface area contributed by atoms with Gasteiger partial charge in [0.05, 0.1) is 0 Å². The van der Waals surface area contributed by atoms with Crippen molar-refractivity contribution < 1.29 is 14.3 Å². The van der Waals surface area contributed by atoms with Crippen LogP contribution in [0.15, 0.2) is 0 Å². The van der Waals surface area contributed by atoms with E-state index in [1.54, 1.807) is 4.90 Å².